The zero-order valence-corrected chi connectivity index (χ0v) is 46.5. The van der Waals surface area contributed by atoms with Crippen LogP contribution in [0.5, 0.6) is 0 Å². The molecule has 7 heterocycles. The summed E-state index contributed by atoms with van der Waals surface area (Å²) in [6.07, 6.45) is -1.09. The number of halogens is 6. The molecule has 2 amide bonds. The number of fused-ring (bicyclic) bond motifs is 2. The minimum atomic E-state index is -4.81. The van der Waals surface area contributed by atoms with Crippen molar-refractivity contribution in [2.75, 3.05) is 34.8 Å². The van der Waals surface area contributed by atoms with Crippen molar-refractivity contribution in [3.63, 3.8) is 0 Å². The van der Waals surface area contributed by atoms with Crippen LogP contribution in [0.2, 0.25) is 0 Å². The summed E-state index contributed by atoms with van der Waals surface area (Å²) in [7, 11) is 3.51. The molecule has 2 saturated carbocycles. The van der Waals surface area contributed by atoms with E-state index in [1.807, 2.05) is 37.3 Å². The van der Waals surface area contributed by atoms with Crippen LogP contribution in [0.15, 0.2) is 91.6 Å². The molecule has 84 heavy (non-hydrogen) atoms. The third-order valence-corrected chi connectivity index (χ3v) is 15.7. The van der Waals surface area contributed by atoms with Gasteiger partial charge in [-0.2, -0.15) is 31.4 Å². The molecule has 4 N–H and O–H groups in total. The molecule has 0 bridgehead atoms. The number of carbonyl (C=O) groups excluding carboxylic acids is 2. The Morgan fingerprint density at radius 2 is 1.43 bits per heavy atom. The van der Waals surface area contributed by atoms with Gasteiger partial charge in [0.15, 0.2) is 6.33 Å². The van der Waals surface area contributed by atoms with Crippen LogP contribution >= 0.6 is 0 Å². The monoisotopic (exact) mass is 1160 g/mol. The molecular weight excluding hydrogens is 1100 g/mol. The number of benzene rings is 3. The molecule has 12 rings (SSSR count). The van der Waals surface area contributed by atoms with Gasteiger partial charge in [0.05, 0.1) is 67.6 Å². The summed E-state index contributed by atoms with van der Waals surface area (Å²) in [6.45, 7) is 4.35. The fourth-order valence-corrected chi connectivity index (χ4v) is 11.4. The van der Waals surface area contributed by atoms with Crippen molar-refractivity contribution in [3.8, 4) is 45.2 Å². The molecule has 0 saturated heterocycles. The molecule has 436 valence electrons. The number of nitrogens with one attached hydrogen (secondary N) is 2. The van der Waals surface area contributed by atoms with E-state index >= 15 is 0 Å². The lowest BCUT2D eigenvalue weighted by Crippen LogP contribution is -2.46. The number of aromatic nitrogens is 10. The zero-order chi connectivity index (χ0) is 59.2. The fraction of sp³-hybridized carbons (Fsp3) is 0.373. The Bertz CT molecular complexity index is 3910. The lowest BCUT2D eigenvalue weighted by molar-refractivity contribution is -0.769. The predicted molar refractivity (Wildman–Crippen MR) is 295 cm³/mol. The second-order valence-electron chi connectivity index (χ2n) is 22.7. The Hall–Kier alpha value is -8.39. The number of carbonyl (C=O) groups is 2. The van der Waals surface area contributed by atoms with Crippen LogP contribution in [-0.4, -0.2) is 97.2 Å². The van der Waals surface area contributed by atoms with Crippen LogP contribution < -0.4 is 25.2 Å². The molecule has 0 unspecified atom stereocenters. The number of anilines is 3. The first-order valence-electron chi connectivity index (χ1n) is 27.5. The highest BCUT2D eigenvalue weighted by molar-refractivity contribution is 6.11. The van der Waals surface area contributed by atoms with Crippen LogP contribution in [0.3, 0.4) is 0 Å². The Morgan fingerprint density at radius 1 is 0.786 bits per heavy atom. The maximum absolute atomic E-state index is 14.8. The van der Waals surface area contributed by atoms with Gasteiger partial charge >= 0.3 is 18.2 Å². The number of aryl methyl sites for hydroxylation is 2. The summed E-state index contributed by atoms with van der Waals surface area (Å²) in [6, 6.07) is 19.3. The quantitative estimate of drug-likeness (QED) is 0.0468. The largest absolute Gasteiger partial charge is 0.416 e. The smallest absolute Gasteiger partial charge is 0.389 e. The zero-order valence-electron chi connectivity index (χ0n) is 46.5. The van der Waals surface area contributed by atoms with E-state index in [9.17, 15) is 46.1 Å². The summed E-state index contributed by atoms with van der Waals surface area (Å²) in [5.74, 6) is 0.169. The van der Waals surface area contributed by atoms with Crippen LogP contribution in [0, 0.1) is 0 Å². The van der Waals surface area contributed by atoms with Gasteiger partial charge in [0, 0.05) is 60.5 Å². The SMILES string of the molecule is CCNc1cc(-c2c(-c3n(C)cn[n+]3-n3cnnc3-c3ccccc3-c3cc(C4CC4)nc(N4Cc5c(cc(CNCC6(O)CCC6)cc5C(F)(F)F)C4=O)c3)cnn2C)cc(N2Cc3c(cc(COCC(C)(C)O)cc3C(F)(F)F)C2=O)n1. The average Bonchev–Trinajstić information content (AvgIpc) is 2.13. The molecule has 2 fully saturated rings. The highest BCUT2D eigenvalue weighted by Crippen LogP contribution is 2.46. The molecule has 25 heteroatoms. The number of aliphatic hydroxyl groups is 2. The lowest BCUT2D eigenvalue weighted by Gasteiger charge is -2.36. The van der Waals surface area contributed by atoms with Crippen molar-refractivity contribution in [1.29, 1.82) is 0 Å². The van der Waals surface area contributed by atoms with E-state index < -0.39 is 53.0 Å². The number of nitrogens with zero attached hydrogens (tertiary/aromatic N) is 12. The number of rotatable bonds is 18. The Balaban J connectivity index is 0.883. The van der Waals surface area contributed by atoms with E-state index in [-0.39, 0.29) is 83.8 Å². The number of amides is 2. The molecule has 0 radical (unpaired) electrons. The maximum atomic E-state index is 14.8. The normalized spacial score (nSPS) is 16.0. The Labute approximate surface area is 477 Å². The Kier molecular flexibility index (Phi) is 14.1. The molecule has 5 aromatic heterocycles. The molecule has 19 nitrogen and oxygen atoms in total. The molecule has 8 aromatic rings. The predicted octanol–water partition coefficient (Wildman–Crippen LogP) is 8.76. The maximum Gasteiger partial charge on any atom is 0.416 e. The standard InChI is InChI=1S/C59H59F6N14O5/c1-6-67-48-21-37(23-50(72-48)77-27-44-41(55(77)81)17-34(19-46(44)59(63,64)65)28-84-30-56(2,3)82)51-42(25-69-75(51)5)53-74(4)32-70-79(53)78-31-68-73-52(78)39-11-8-7-10-38(39)36-20-47(35-12-13-35)71-49(22-36)76-26-43-40(54(76)80)16-33(18-45(43)58(60,61)62)24-66-29-57(83)14-9-15-57/h7-8,10-11,16-23,25,31-32,35,66,82-83H,6,9,12-15,24,26-30H2,1-5H3,(H,67,72)/q+1. The van der Waals surface area contributed by atoms with E-state index in [0.29, 0.717) is 76.1 Å². The van der Waals surface area contributed by atoms with Gasteiger partial charge in [-0.3, -0.25) is 24.1 Å². The third-order valence-electron chi connectivity index (χ3n) is 15.7. The van der Waals surface area contributed by atoms with Crippen molar-refractivity contribution in [3.05, 3.63) is 142 Å². The first-order chi connectivity index (χ1) is 39.9. The average molecular weight is 1160 g/mol. The van der Waals surface area contributed by atoms with Crippen molar-refractivity contribution in [2.45, 2.75) is 109 Å². The van der Waals surface area contributed by atoms with E-state index in [0.717, 1.165) is 31.4 Å². The van der Waals surface area contributed by atoms with E-state index in [1.54, 1.807) is 63.5 Å². The van der Waals surface area contributed by atoms with Gasteiger partial charge in [-0.1, -0.05) is 24.3 Å². The summed E-state index contributed by atoms with van der Waals surface area (Å²) in [4.78, 5) is 42.5. The van der Waals surface area contributed by atoms with Gasteiger partial charge in [0.2, 0.25) is 12.2 Å². The van der Waals surface area contributed by atoms with Crippen molar-refractivity contribution >= 4 is 29.3 Å². The van der Waals surface area contributed by atoms with Crippen molar-refractivity contribution in [1.82, 2.24) is 49.6 Å². The number of ether oxygens (including phenoxy) is 1. The second kappa shape index (κ2) is 21.0. The third kappa shape index (κ3) is 10.7. The van der Waals surface area contributed by atoms with E-state index in [2.05, 4.69) is 25.9 Å². The van der Waals surface area contributed by atoms with E-state index in [4.69, 9.17) is 19.8 Å². The van der Waals surface area contributed by atoms with Crippen LogP contribution in [0.25, 0.3) is 45.2 Å². The number of hydrogen-bond acceptors (Lipinski definition) is 13. The number of hydrogen-bond donors (Lipinski definition) is 4. The highest BCUT2D eigenvalue weighted by Gasteiger charge is 2.44. The minimum Gasteiger partial charge on any atom is -0.389 e. The Morgan fingerprint density at radius 3 is 2.06 bits per heavy atom. The number of pyridine rings is 2. The summed E-state index contributed by atoms with van der Waals surface area (Å²) < 4.78 is 99.4. The molecule has 2 aliphatic heterocycles. The highest BCUT2D eigenvalue weighted by atomic mass is 19.4. The first-order valence-corrected chi connectivity index (χ1v) is 27.5. The summed E-state index contributed by atoms with van der Waals surface area (Å²) in [5.41, 5.74) is -0.0658. The summed E-state index contributed by atoms with van der Waals surface area (Å²) >= 11 is 0. The van der Waals surface area contributed by atoms with Gasteiger partial charge in [-0.15, -0.1) is 14.9 Å². The fourth-order valence-electron chi connectivity index (χ4n) is 11.4. The molecule has 2 aliphatic carbocycles. The lowest BCUT2D eigenvalue weighted by atomic mass is 9.80. The topological polar surface area (TPSA) is 210 Å². The van der Waals surface area contributed by atoms with Crippen molar-refractivity contribution in [2.24, 2.45) is 14.1 Å². The number of alkyl halides is 6. The molecular formula is C59H59F6N14O5+. The molecule has 4 aliphatic rings. The van der Waals surface area contributed by atoms with Crippen LogP contribution in [0.4, 0.5) is 43.8 Å². The van der Waals surface area contributed by atoms with Gasteiger partial charge in [0.25, 0.3) is 11.8 Å². The van der Waals surface area contributed by atoms with Crippen molar-refractivity contribution < 1.29 is 55.7 Å². The molecule has 0 atom stereocenters. The van der Waals surface area contributed by atoms with Crippen LogP contribution in [0.1, 0.15) is 119 Å². The van der Waals surface area contributed by atoms with Gasteiger partial charge in [0.1, 0.15) is 23.0 Å². The van der Waals surface area contributed by atoms with Crippen LogP contribution in [-0.2, 0) is 57.4 Å². The van der Waals surface area contributed by atoms with E-state index in [1.165, 1.54) is 42.1 Å². The minimum absolute atomic E-state index is 0.0294. The molecule has 0 spiro atoms. The second-order valence-corrected chi connectivity index (χ2v) is 22.7. The summed E-state index contributed by atoms with van der Waals surface area (Å²) in [5, 5.41) is 45.4. The molecule has 3 aromatic carbocycles. The van der Waals surface area contributed by atoms with Gasteiger partial charge < -0.3 is 25.6 Å². The van der Waals surface area contributed by atoms with Gasteiger partial charge in [-0.25, -0.2) is 14.5 Å². The first kappa shape index (κ1) is 56.1. The van der Waals surface area contributed by atoms with Gasteiger partial charge in [-0.05, 0) is 145 Å².